The molecule has 2 heteroatoms. The molecule has 1 heterocycles. The van der Waals surface area contributed by atoms with E-state index in [0.717, 1.165) is 6.54 Å². The summed E-state index contributed by atoms with van der Waals surface area (Å²) in [5.74, 6) is 0. The Labute approximate surface area is 62.0 Å². The number of hydrogen-bond acceptors (Lipinski definition) is 2. The zero-order valence-electron chi connectivity index (χ0n) is 6.59. The van der Waals surface area contributed by atoms with Crippen molar-refractivity contribution in [2.45, 2.75) is 6.92 Å². The molecule has 0 aromatic carbocycles. The highest BCUT2D eigenvalue weighted by Gasteiger charge is 2.05. The van der Waals surface area contributed by atoms with E-state index in [0.29, 0.717) is 6.54 Å². The molecule has 0 aromatic heterocycles. The molecule has 0 atom stereocenters. The van der Waals surface area contributed by atoms with Crippen LogP contribution in [0.3, 0.4) is 0 Å². The third-order valence-electron chi connectivity index (χ3n) is 1.96. The average Bonchev–Trinajstić information content (AvgIpc) is 1.95. The molecule has 1 rings (SSSR count). The number of nitrogens with two attached hydrogens (primary N) is 1. The number of nitrogens with zero attached hydrogens (tertiary/aromatic N) is 1. The van der Waals surface area contributed by atoms with Crippen LogP contribution in [-0.2, 0) is 0 Å². The number of hydrogen-bond donors (Lipinski definition) is 1. The molecule has 0 aromatic rings. The molecule has 0 bridgehead atoms. The summed E-state index contributed by atoms with van der Waals surface area (Å²) in [4.78, 5) is 2.20. The van der Waals surface area contributed by atoms with Crippen LogP contribution in [0.2, 0.25) is 0 Å². The van der Waals surface area contributed by atoms with E-state index in [1.54, 1.807) is 0 Å². The minimum atomic E-state index is 0.646. The quantitative estimate of drug-likeness (QED) is 0.578. The number of rotatable bonds is 1. The Bertz CT molecular complexity index is 180. The second kappa shape index (κ2) is 2.88. The highest BCUT2D eigenvalue weighted by molar-refractivity contribution is 5.28. The molecule has 0 radical (unpaired) electrons. The Kier molecular flexibility index (Phi) is 2.12. The monoisotopic (exact) mass is 138 g/mol. The number of likely N-dealkylation sites (N-methyl/N-ethyl adjacent to an activating group) is 1. The Morgan fingerprint density at radius 2 is 2.40 bits per heavy atom. The van der Waals surface area contributed by atoms with Crippen LogP contribution in [0, 0.1) is 0 Å². The van der Waals surface area contributed by atoms with Crippen molar-refractivity contribution in [3.63, 3.8) is 0 Å². The summed E-state index contributed by atoms with van der Waals surface area (Å²) in [7, 11) is 2.08. The Morgan fingerprint density at radius 3 is 2.90 bits per heavy atom. The second-order valence-corrected chi connectivity index (χ2v) is 2.60. The first-order chi connectivity index (χ1) is 4.75. The fraction of sp³-hybridized carbons (Fsp3) is 0.500. The average molecular weight is 138 g/mol. The maximum absolute atomic E-state index is 5.52. The molecule has 0 fully saturated rings. The summed E-state index contributed by atoms with van der Waals surface area (Å²) < 4.78 is 0. The van der Waals surface area contributed by atoms with E-state index in [1.165, 1.54) is 11.3 Å². The van der Waals surface area contributed by atoms with Gasteiger partial charge in [-0.25, -0.2) is 0 Å². The predicted octanol–water partition coefficient (Wildman–Crippen LogP) is 0.721. The van der Waals surface area contributed by atoms with Crippen molar-refractivity contribution in [3.05, 3.63) is 23.4 Å². The summed E-state index contributed by atoms with van der Waals surface area (Å²) in [5, 5.41) is 0. The zero-order valence-corrected chi connectivity index (χ0v) is 6.59. The van der Waals surface area contributed by atoms with Gasteiger partial charge in [0.15, 0.2) is 0 Å². The van der Waals surface area contributed by atoms with E-state index in [4.69, 9.17) is 5.73 Å². The Hall–Kier alpha value is -0.760. The minimum absolute atomic E-state index is 0.646. The van der Waals surface area contributed by atoms with Gasteiger partial charge in [-0.2, -0.15) is 0 Å². The van der Waals surface area contributed by atoms with Crippen LogP contribution in [0.1, 0.15) is 6.92 Å². The van der Waals surface area contributed by atoms with Crippen molar-refractivity contribution in [1.82, 2.24) is 4.90 Å². The topological polar surface area (TPSA) is 29.3 Å². The fourth-order valence-corrected chi connectivity index (χ4v) is 1.07. The van der Waals surface area contributed by atoms with Gasteiger partial charge in [-0.1, -0.05) is 12.2 Å². The number of allylic oxidation sites excluding steroid dienone is 1. The van der Waals surface area contributed by atoms with Crippen molar-refractivity contribution in [2.75, 3.05) is 20.1 Å². The molecule has 2 N–H and O–H groups in total. The Balaban J connectivity index is 2.82. The van der Waals surface area contributed by atoms with E-state index in [9.17, 15) is 0 Å². The first kappa shape index (κ1) is 7.35. The van der Waals surface area contributed by atoms with Gasteiger partial charge in [-0.05, 0) is 12.5 Å². The van der Waals surface area contributed by atoms with Crippen LogP contribution in [-0.4, -0.2) is 25.0 Å². The summed E-state index contributed by atoms with van der Waals surface area (Å²) in [5.41, 5.74) is 8.06. The SMILES string of the molecule is CC1=C(CN)C=CCN1C. The third kappa shape index (κ3) is 1.21. The maximum Gasteiger partial charge on any atom is 0.0356 e. The standard InChI is InChI=1S/C8H14N2/c1-7-8(6-9)4-3-5-10(7)2/h3-4H,5-6,9H2,1-2H3. The van der Waals surface area contributed by atoms with Gasteiger partial charge in [0, 0.05) is 25.8 Å². The van der Waals surface area contributed by atoms with Gasteiger partial charge >= 0.3 is 0 Å². The van der Waals surface area contributed by atoms with Gasteiger partial charge in [-0.15, -0.1) is 0 Å². The van der Waals surface area contributed by atoms with Gasteiger partial charge in [0.25, 0.3) is 0 Å². The molecule has 1 aliphatic rings. The largest absolute Gasteiger partial charge is 0.374 e. The highest BCUT2D eigenvalue weighted by Crippen LogP contribution is 2.12. The van der Waals surface area contributed by atoms with Crippen LogP contribution in [0.5, 0.6) is 0 Å². The van der Waals surface area contributed by atoms with Gasteiger partial charge in [0.2, 0.25) is 0 Å². The van der Waals surface area contributed by atoms with Crippen molar-refractivity contribution in [3.8, 4) is 0 Å². The van der Waals surface area contributed by atoms with Crippen LogP contribution in [0.4, 0.5) is 0 Å². The minimum Gasteiger partial charge on any atom is -0.374 e. The van der Waals surface area contributed by atoms with E-state index in [-0.39, 0.29) is 0 Å². The lowest BCUT2D eigenvalue weighted by Gasteiger charge is -2.23. The molecule has 0 unspecified atom stereocenters. The second-order valence-electron chi connectivity index (χ2n) is 2.60. The van der Waals surface area contributed by atoms with Crippen molar-refractivity contribution in [1.29, 1.82) is 0 Å². The van der Waals surface area contributed by atoms with Gasteiger partial charge in [0.1, 0.15) is 0 Å². The molecular weight excluding hydrogens is 124 g/mol. The predicted molar refractivity (Wildman–Crippen MR) is 43.5 cm³/mol. The lowest BCUT2D eigenvalue weighted by Crippen LogP contribution is -2.22. The lowest BCUT2D eigenvalue weighted by molar-refractivity contribution is 0.454. The van der Waals surface area contributed by atoms with E-state index >= 15 is 0 Å². The summed E-state index contributed by atoms with van der Waals surface area (Å²) in [6, 6.07) is 0. The lowest BCUT2D eigenvalue weighted by atomic mass is 10.1. The first-order valence-electron chi connectivity index (χ1n) is 3.53. The normalized spacial score (nSPS) is 18.5. The van der Waals surface area contributed by atoms with Gasteiger partial charge in [0.05, 0.1) is 0 Å². The molecular formula is C8H14N2. The van der Waals surface area contributed by atoms with Crippen LogP contribution >= 0.6 is 0 Å². The molecule has 0 amide bonds. The molecule has 10 heavy (non-hydrogen) atoms. The van der Waals surface area contributed by atoms with Crippen LogP contribution < -0.4 is 5.73 Å². The van der Waals surface area contributed by atoms with Gasteiger partial charge in [-0.3, -0.25) is 0 Å². The molecule has 2 nitrogen and oxygen atoms in total. The summed E-state index contributed by atoms with van der Waals surface area (Å²) in [6.45, 7) is 3.76. The smallest absolute Gasteiger partial charge is 0.0356 e. The van der Waals surface area contributed by atoms with Crippen LogP contribution in [0.25, 0.3) is 0 Å². The van der Waals surface area contributed by atoms with Gasteiger partial charge < -0.3 is 10.6 Å². The summed E-state index contributed by atoms with van der Waals surface area (Å²) >= 11 is 0. The van der Waals surface area contributed by atoms with Crippen molar-refractivity contribution >= 4 is 0 Å². The molecule has 0 saturated carbocycles. The molecule has 0 aliphatic carbocycles. The van der Waals surface area contributed by atoms with E-state index < -0.39 is 0 Å². The van der Waals surface area contributed by atoms with Crippen molar-refractivity contribution < 1.29 is 0 Å². The first-order valence-corrected chi connectivity index (χ1v) is 3.53. The molecule has 0 spiro atoms. The zero-order chi connectivity index (χ0) is 7.56. The molecule has 0 saturated heterocycles. The molecule has 1 aliphatic heterocycles. The summed E-state index contributed by atoms with van der Waals surface area (Å²) in [6.07, 6.45) is 4.24. The highest BCUT2D eigenvalue weighted by atomic mass is 15.1. The maximum atomic E-state index is 5.52. The van der Waals surface area contributed by atoms with E-state index in [1.807, 2.05) is 0 Å². The fourth-order valence-electron chi connectivity index (χ4n) is 1.07. The molecule has 56 valence electrons. The Morgan fingerprint density at radius 1 is 1.70 bits per heavy atom. The van der Waals surface area contributed by atoms with Crippen LogP contribution in [0.15, 0.2) is 23.4 Å². The third-order valence-corrected chi connectivity index (χ3v) is 1.96. The van der Waals surface area contributed by atoms with E-state index in [2.05, 4.69) is 31.0 Å². The van der Waals surface area contributed by atoms with Crippen molar-refractivity contribution in [2.24, 2.45) is 5.73 Å².